The number of methoxy groups -OCH3 is 1. The van der Waals surface area contributed by atoms with Crippen molar-refractivity contribution in [2.75, 3.05) is 20.2 Å². The number of carbonyl (C=O) groups is 2. The van der Waals surface area contributed by atoms with Crippen LogP contribution in [0.15, 0.2) is 48.5 Å². The highest BCUT2D eigenvalue weighted by atomic mass is 16.5. The fraction of sp³-hybridized carbons (Fsp3) is 0.391. The van der Waals surface area contributed by atoms with E-state index in [2.05, 4.69) is 0 Å². The topological polar surface area (TPSA) is 55.8 Å². The quantitative estimate of drug-likeness (QED) is 0.707. The van der Waals surface area contributed by atoms with E-state index in [1.807, 2.05) is 23.1 Å². The molecule has 2 aromatic rings. The molecule has 0 N–H and O–H groups in total. The van der Waals surface area contributed by atoms with Crippen LogP contribution in [-0.4, -0.2) is 42.9 Å². The Hall–Kier alpha value is -2.82. The first-order valence-corrected chi connectivity index (χ1v) is 9.83. The van der Waals surface area contributed by atoms with E-state index in [1.54, 1.807) is 44.4 Å². The number of benzene rings is 2. The first-order chi connectivity index (χ1) is 13.6. The van der Waals surface area contributed by atoms with Gasteiger partial charge in [0.25, 0.3) is 5.91 Å². The number of nitrogens with zero attached hydrogens (tertiary/aromatic N) is 1. The summed E-state index contributed by atoms with van der Waals surface area (Å²) in [5.41, 5.74) is 0.992. The highest BCUT2D eigenvalue weighted by molar-refractivity contribution is 6.10. The molecule has 1 saturated heterocycles. The molecule has 0 saturated carbocycles. The summed E-state index contributed by atoms with van der Waals surface area (Å²) in [5.74, 6) is 0.758. The zero-order valence-electron chi connectivity index (χ0n) is 16.5. The minimum absolute atomic E-state index is 0.0390. The molecule has 1 amide bonds. The Morgan fingerprint density at radius 2 is 1.64 bits per heavy atom. The van der Waals surface area contributed by atoms with Gasteiger partial charge >= 0.3 is 0 Å². The Morgan fingerprint density at radius 3 is 2.29 bits per heavy atom. The monoisotopic (exact) mass is 381 g/mol. The van der Waals surface area contributed by atoms with Gasteiger partial charge in [-0.2, -0.15) is 0 Å². The average molecular weight is 381 g/mol. The summed E-state index contributed by atoms with van der Waals surface area (Å²) >= 11 is 0. The van der Waals surface area contributed by atoms with Crippen LogP contribution in [-0.2, 0) is 4.79 Å². The van der Waals surface area contributed by atoms with Crippen molar-refractivity contribution in [3.05, 3.63) is 59.7 Å². The summed E-state index contributed by atoms with van der Waals surface area (Å²) in [4.78, 5) is 27.7. The molecule has 1 unspecified atom stereocenters. The zero-order valence-corrected chi connectivity index (χ0v) is 16.5. The normalized spacial score (nSPS) is 15.4. The van der Waals surface area contributed by atoms with Gasteiger partial charge in [-0.05, 0) is 31.9 Å². The van der Waals surface area contributed by atoms with Gasteiger partial charge in [0, 0.05) is 24.7 Å². The maximum atomic E-state index is 12.9. The lowest BCUT2D eigenvalue weighted by Gasteiger charge is -2.25. The number of likely N-dealkylation sites (tertiary alicyclic amines) is 1. The van der Waals surface area contributed by atoms with Gasteiger partial charge in [0.1, 0.15) is 11.5 Å². The maximum absolute atomic E-state index is 12.9. The average Bonchev–Trinajstić information content (AvgIpc) is 3.02. The minimum atomic E-state index is -0.674. The fourth-order valence-corrected chi connectivity index (χ4v) is 3.45. The second-order valence-electron chi connectivity index (χ2n) is 7.06. The van der Waals surface area contributed by atoms with Crippen LogP contribution in [0.1, 0.15) is 48.5 Å². The van der Waals surface area contributed by atoms with Crippen LogP contribution in [0.25, 0.3) is 0 Å². The third-order valence-corrected chi connectivity index (χ3v) is 5.04. The lowest BCUT2D eigenvalue weighted by molar-refractivity contribution is -0.137. The molecule has 5 heteroatoms. The Bertz CT molecular complexity index is 811. The van der Waals surface area contributed by atoms with E-state index < -0.39 is 6.10 Å². The predicted molar refractivity (Wildman–Crippen MR) is 108 cm³/mol. The predicted octanol–water partition coefficient (Wildman–Crippen LogP) is 4.10. The summed E-state index contributed by atoms with van der Waals surface area (Å²) in [6.07, 6.45) is 3.69. The number of hydrogen-bond donors (Lipinski definition) is 0. The molecule has 1 aliphatic rings. The second kappa shape index (κ2) is 9.40. The van der Waals surface area contributed by atoms with Crippen LogP contribution < -0.4 is 9.47 Å². The van der Waals surface area contributed by atoms with Gasteiger partial charge in [-0.1, -0.05) is 43.2 Å². The summed E-state index contributed by atoms with van der Waals surface area (Å²) in [7, 11) is 1.56. The molecule has 0 aliphatic carbocycles. The summed E-state index contributed by atoms with van der Waals surface area (Å²) in [6, 6.07) is 14.1. The van der Waals surface area contributed by atoms with E-state index in [9.17, 15) is 9.59 Å². The first kappa shape index (κ1) is 19.9. The van der Waals surface area contributed by atoms with Crippen molar-refractivity contribution in [1.82, 2.24) is 4.90 Å². The molecule has 2 aromatic carbocycles. The van der Waals surface area contributed by atoms with E-state index in [-0.39, 0.29) is 11.7 Å². The molecule has 5 nitrogen and oxygen atoms in total. The van der Waals surface area contributed by atoms with Crippen LogP contribution in [0.2, 0.25) is 0 Å². The van der Waals surface area contributed by atoms with Crippen molar-refractivity contribution in [2.24, 2.45) is 0 Å². The van der Waals surface area contributed by atoms with Crippen LogP contribution in [0.4, 0.5) is 0 Å². The Labute approximate surface area is 166 Å². The smallest absolute Gasteiger partial charge is 0.263 e. The van der Waals surface area contributed by atoms with E-state index in [1.165, 1.54) is 0 Å². The molecular weight excluding hydrogens is 354 g/mol. The molecule has 1 heterocycles. The van der Waals surface area contributed by atoms with Crippen molar-refractivity contribution < 1.29 is 19.1 Å². The molecule has 1 aliphatic heterocycles. The van der Waals surface area contributed by atoms with Gasteiger partial charge in [0.15, 0.2) is 11.9 Å². The van der Waals surface area contributed by atoms with Gasteiger partial charge in [-0.3, -0.25) is 9.59 Å². The van der Waals surface area contributed by atoms with Crippen molar-refractivity contribution >= 4 is 11.7 Å². The summed E-state index contributed by atoms with van der Waals surface area (Å²) in [6.45, 7) is 3.27. The van der Waals surface area contributed by atoms with E-state index in [0.29, 0.717) is 22.6 Å². The Balaban J connectivity index is 1.83. The minimum Gasteiger partial charge on any atom is -0.497 e. The lowest BCUT2D eigenvalue weighted by atomic mass is 10.0. The Kier molecular flexibility index (Phi) is 6.69. The van der Waals surface area contributed by atoms with E-state index in [4.69, 9.17) is 9.47 Å². The van der Waals surface area contributed by atoms with E-state index in [0.717, 1.165) is 38.8 Å². The number of amides is 1. The number of hydrogen-bond acceptors (Lipinski definition) is 4. The van der Waals surface area contributed by atoms with E-state index >= 15 is 0 Å². The molecule has 148 valence electrons. The molecule has 0 aromatic heterocycles. The molecular formula is C23H27NO4. The lowest BCUT2D eigenvalue weighted by Crippen LogP contribution is -2.41. The largest absolute Gasteiger partial charge is 0.497 e. The maximum Gasteiger partial charge on any atom is 0.263 e. The van der Waals surface area contributed by atoms with Crippen LogP contribution in [0, 0.1) is 0 Å². The molecule has 28 heavy (non-hydrogen) atoms. The van der Waals surface area contributed by atoms with Crippen LogP contribution in [0.3, 0.4) is 0 Å². The van der Waals surface area contributed by atoms with Gasteiger partial charge < -0.3 is 14.4 Å². The zero-order chi connectivity index (χ0) is 19.9. The number of ketones is 1. The summed E-state index contributed by atoms with van der Waals surface area (Å²) < 4.78 is 11.3. The standard InChI is InChI=1S/C23H27NO4/c1-17(23(26)24-14-8-3-4-9-15-24)28-21-16-19(27-2)12-13-20(21)22(25)18-10-6-5-7-11-18/h5-7,10-13,16-17H,3-4,8-9,14-15H2,1-2H3. The van der Waals surface area contributed by atoms with Gasteiger partial charge in [0.05, 0.1) is 12.7 Å². The van der Waals surface area contributed by atoms with Crippen LogP contribution >= 0.6 is 0 Å². The number of carbonyl (C=O) groups excluding carboxylic acids is 2. The van der Waals surface area contributed by atoms with Crippen molar-refractivity contribution in [1.29, 1.82) is 0 Å². The van der Waals surface area contributed by atoms with Crippen molar-refractivity contribution in [3.63, 3.8) is 0 Å². The SMILES string of the molecule is COc1ccc(C(=O)c2ccccc2)c(OC(C)C(=O)N2CCCCCC2)c1. The van der Waals surface area contributed by atoms with Gasteiger partial charge in [-0.15, -0.1) is 0 Å². The summed E-state index contributed by atoms with van der Waals surface area (Å²) in [5, 5.41) is 0. The molecule has 3 rings (SSSR count). The number of rotatable bonds is 6. The highest BCUT2D eigenvalue weighted by Gasteiger charge is 2.25. The molecule has 0 bridgehead atoms. The van der Waals surface area contributed by atoms with Crippen molar-refractivity contribution in [3.8, 4) is 11.5 Å². The Morgan fingerprint density at radius 1 is 0.964 bits per heavy atom. The van der Waals surface area contributed by atoms with Crippen LogP contribution in [0.5, 0.6) is 11.5 Å². The fourth-order valence-electron chi connectivity index (χ4n) is 3.45. The third kappa shape index (κ3) is 4.71. The van der Waals surface area contributed by atoms with Gasteiger partial charge in [-0.25, -0.2) is 0 Å². The molecule has 0 spiro atoms. The molecule has 1 fully saturated rings. The molecule has 1 atom stereocenters. The first-order valence-electron chi connectivity index (χ1n) is 9.83. The highest BCUT2D eigenvalue weighted by Crippen LogP contribution is 2.28. The van der Waals surface area contributed by atoms with Crippen molar-refractivity contribution in [2.45, 2.75) is 38.7 Å². The number of ether oxygens (including phenoxy) is 2. The molecule has 0 radical (unpaired) electrons. The van der Waals surface area contributed by atoms with Gasteiger partial charge in [0.2, 0.25) is 0 Å². The third-order valence-electron chi connectivity index (χ3n) is 5.04. The second-order valence-corrected chi connectivity index (χ2v) is 7.06.